The summed E-state index contributed by atoms with van der Waals surface area (Å²) in [6, 6.07) is 12.2. The van der Waals surface area contributed by atoms with Gasteiger partial charge in [0.15, 0.2) is 6.61 Å². The molecule has 0 atom stereocenters. The van der Waals surface area contributed by atoms with E-state index < -0.39 is 5.41 Å². The summed E-state index contributed by atoms with van der Waals surface area (Å²) in [4.78, 5) is 24.2. The Kier molecular flexibility index (Phi) is 6.27. The predicted molar refractivity (Wildman–Crippen MR) is 105 cm³/mol. The highest BCUT2D eigenvalue weighted by Gasteiger charge is 2.21. The second kappa shape index (κ2) is 8.23. The summed E-state index contributed by atoms with van der Waals surface area (Å²) in [6.07, 6.45) is 0. The molecular weight excluding hydrogens is 352 g/mol. The highest BCUT2D eigenvalue weighted by Crippen LogP contribution is 2.22. The van der Waals surface area contributed by atoms with Gasteiger partial charge >= 0.3 is 0 Å². The van der Waals surface area contributed by atoms with Crippen LogP contribution >= 0.6 is 11.6 Å². The molecule has 2 N–H and O–H groups in total. The van der Waals surface area contributed by atoms with Crippen LogP contribution in [0.2, 0.25) is 5.02 Å². The highest BCUT2D eigenvalue weighted by atomic mass is 35.5. The van der Waals surface area contributed by atoms with Gasteiger partial charge in [0.05, 0.1) is 0 Å². The largest absolute Gasteiger partial charge is 0.483 e. The predicted octanol–water partition coefficient (Wildman–Crippen LogP) is 4.65. The number of halogens is 1. The Balaban J connectivity index is 1.94. The molecule has 5 nitrogen and oxygen atoms in total. The number of hydrogen-bond donors (Lipinski definition) is 2. The van der Waals surface area contributed by atoms with Crippen LogP contribution in [-0.4, -0.2) is 18.4 Å². The van der Waals surface area contributed by atoms with E-state index in [0.29, 0.717) is 22.1 Å². The normalized spacial score (nSPS) is 11.0. The lowest BCUT2D eigenvalue weighted by Crippen LogP contribution is -2.27. The van der Waals surface area contributed by atoms with Gasteiger partial charge in [-0.25, -0.2) is 0 Å². The summed E-state index contributed by atoms with van der Waals surface area (Å²) in [5, 5.41) is 6.21. The number of hydrogen-bond acceptors (Lipinski definition) is 3. The molecule has 138 valence electrons. The van der Waals surface area contributed by atoms with Crippen LogP contribution in [0.3, 0.4) is 0 Å². The van der Waals surface area contributed by atoms with Crippen LogP contribution in [0.4, 0.5) is 11.4 Å². The fourth-order valence-electron chi connectivity index (χ4n) is 2.11. The van der Waals surface area contributed by atoms with Crippen molar-refractivity contribution in [1.82, 2.24) is 0 Å². The van der Waals surface area contributed by atoms with E-state index in [1.165, 1.54) is 0 Å². The molecule has 0 saturated carbocycles. The van der Waals surface area contributed by atoms with Crippen LogP contribution in [0.15, 0.2) is 42.5 Å². The molecule has 26 heavy (non-hydrogen) atoms. The number of ether oxygens (including phenoxy) is 1. The molecule has 0 fully saturated rings. The minimum absolute atomic E-state index is 0.0949. The van der Waals surface area contributed by atoms with Gasteiger partial charge in [-0.2, -0.15) is 0 Å². The standard InChI is InChI=1S/C20H23ClN2O3/c1-13-10-14(21)8-9-17(13)26-12-18(24)22-15-6-5-7-16(11-15)23-19(25)20(2,3)4/h5-11H,12H2,1-4H3,(H,22,24)(H,23,25). The zero-order chi connectivity index (χ0) is 19.3. The van der Waals surface area contributed by atoms with Crippen LogP contribution in [0, 0.1) is 12.3 Å². The van der Waals surface area contributed by atoms with Crippen molar-refractivity contribution in [2.75, 3.05) is 17.2 Å². The molecule has 0 bridgehead atoms. The molecule has 0 aliphatic rings. The molecule has 0 radical (unpaired) electrons. The molecule has 0 aliphatic heterocycles. The lowest BCUT2D eigenvalue weighted by molar-refractivity contribution is -0.123. The van der Waals surface area contributed by atoms with Crippen LogP contribution in [0.25, 0.3) is 0 Å². The van der Waals surface area contributed by atoms with Crippen molar-refractivity contribution in [3.05, 3.63) is 53.1 Å². The van der Waals surface area contributed by atoms with Gasteiger partial charge < -0.3 is 15.4 Å². The lowest BCUT2D eigenvalue weighted by Gasteiger charge is -2.18. The molecule has 6 heteroatoms. The van der Waals surface area contributed by atoms with Crippen LogP contribution in [-0.2, 0) is 9.59 Å². The zero-order valence-electron chi connectivity index (χ0n) is 15.4. The SMILES string of the molecule is Cc1cc(Cl)ccc1OCC(=O)Nc1cccc(NC(=O)C(C)(C)C)c1. The molecule has 0 heterocycles. The molecule has 0 aromatic heterocycles. The molecule has 2 aromatic rings. The van der Waals surface area contributed by atoms with Gasteiger partial charge in [0.2, 0.25) is 5.91 Å². The Hall–Kier alpha value is -2.53. The van der Waals surface area contributed by atoms with E-state index in [9.17, 15) is 9.59 Å². The molecule has 0 saturated heterocycles. The van der Waals surface area contributed by atoms with Gasteiger partial charge in [-0.05, 0) is 48.9 Å². The number of aryl methyl sites for hydroxylation is 1. The Morgan fingerprint density at radius 1 is 1.04 bits per heavy atom. The maximum atomic E-state index is 12.1. The van der Waals surface area contributed by atoms with Gasteiger partial charge in [-0.3, -0.25) is 9.59 Å². The smallest absolute Gasteiger partial charge is 0.262 e. The van der Waals surface area contributed by atoms with Crippen molar-refractivity contribution >= 4 is 34.8 Å². The van der Waals surface area contributed by atoms with Crippen molar-refractivity contribution in [2.24, 2.45) is 5.41 Å². The number of carbonyl (C=O) groups excluding carboxylic acids is 2. The first-order valence-corrected chi connectivity index (χ1v) is 8.63. The minimum atomic E-state index is -0.496. The van der Waals surface area contributed by atoms with Crippen LogP contribution in [0.1, 0.15) is 26.3 Å². The van der Waals surface area contributed by atoms with Gasteiger partial charge in [0.1, 0.15) is 5.75 Å². The Morgan fingerprint density at radius 3 is 2.31 bits per heavy atom. The number of amides is 2. The Bertz CT molecular complexity index is 813. The third-order valence-corrected chi connectivity index (χ3v) is 3.82. The number of nitrogens with one attached hydrogen (secondary N) is 2. The van der Waals surface area contributed by atoms with Crippen molar-refractivity contribution in [3.63, 3.8) is 0 Å². The monoisotopic (exact) mass is 374 g/mol. The van der Waals surface area contributed by atoms with Crippen LogP contribution < -0.4 is 15.4 Å². The second-order valence-corrected chi connectivity index (χ2v) is 7.47. The third-order valence-electron chi connectivity index (χ3n) is 3.58. The van der Waals surface area contributed by atoms with Crippen molar-refractivity contribution in [2.45, 2.75) is 27.7 Å². The third kappa shape index (κ3) is 5.77. The van der Waals surface area contributed by atoms with E-state index in [1.54, 1.807) is 42.5 Å². The summed E-state index contributed by atoms with van der Waals surface area (Å²) in [5.74, 6) is 0.219. The number of benzene rings is 2. The van der Waals surface area contributed by atoms with Crippen molar-refractivity contribution < 1.29 is 14.3 Å². The van der Waals surface area contributed by atoms with Crippen molar-refractivity contribution in [3.8, 4) is 5.75 Å². The number of anilines is 2. The maximum absolute atomic E-state index is 12.1. The molecule has 0 aliphatic carbocycles. The fourth-order valence-corrected chi connectivity index (χ4v) is 2.34. The minimum Gasteiger partial charge on any atom is -0.483 e. The van der Waals surface area contributed by atoms with E-state index in [-0.39, 0.29) is 18.4 Å². The van der Waals surface area contributed by atoms with Gasteiger partial charge in [0.25, 0.3) is 5.91 Å². The summed E-state index contributed by atoms with van der Waals surface area (Å²) >= 11 is 5.90. The summed E-state index contributed by atoms with van der Waals surface area (Å²) < 4.78 is 5.52. The molecule has 0 unspecified atom stereocenters. The van der Waals surface area contributed by atoms with E-state index in [1.807, 2.05) is 27.7 Å². The van der Waals surface area contributed by atoms with Gasteiger partial charge in [0, 0.05) is 21.8 Å². The first kappa shape index (κ1) is 19.8. The summed E-state index contributed by atoms with van der Waals surface area (Å²) in [7, 11) is 0. The number of carbonyl (C=O) groups is 2. The lowest BCUT2D eigenvalue weighted by atomic mass is 9.95. The maximum Gasteiger partial charge on any atom is 0.262 e. The molecule has 0 spiro atoms. The quantitative estimate of drug-likeness (QED) is 0.800. The van der Waals surface area contributed by atoms with Crippen molar-refractivity contribution in [1.29, 1.82) is 0 Å². The molecule has 2 amide bonds. The topological polar surface area (TPSA) is 67.4 Å². The average Bonchev–Trinajstić information content (AvgIpc) is 2.53. The number of rotatable bonds is 5. The Labute approximate surface area is 158 Å². The summed E-state index contributed by atoms with van der Waals surface area (Å²) in [5.41, 5.74) is 1.57. The molecule has 2 rings (SSSR count). The first-order valence-electron chi connectivity index (χ1n) is 8.25. The summed E-state index contributed by atoms with van der Waals surface area (Å²) in [6.45, 7) is 7.25. The van der Waals surface area contributed by atoms with E-state index in [2.05, 4.69) is 10.6 Å². The van der Waals surface area contributed by atoms with E-state index >= 15 is 0 Å². The average molecular weight is 375 g/mol. The zero-order valence-corrected chi connectivity index (χ0v) is 16.1. The van der Waals surface area contributed by atoms with Gasteiger partial charge in [-0.15, -0.1) is 0 Å². The fraction of sp³-hybridized carbons (Fsp3) is 0.300. The van der Waals surface area contributed by atoms with E-state index in [0.717, 1.165) is 5.56 Å². The molecular formula is C20H23ClN2O3. The van der Waals surface area contributed by atoms with Gasteiger partial charge in [-0.1, -0.05) is 38.4 Å². The van der Waals surface area contributed by atoms with E-state index in [4.69, 9.17) is 16.3 Å². The second-order valence-electron chi connectivity index (χ2n) is 7.03. The van der Waals surface area contributed by atoms with Crippen LogP contribution in [0.5, 0.6) is 5.75 Å². The highest BCUT2D eigenvalue weighted by molar-refractivity contribution is 6.30. The molecule has 2 aromatic carbocycles. The Morgan fingerprint density at radius 2 is 1.69 bits per heavy atom. The first-order chi connectivity index (χ1) is 12.1.